The topological polar surface area (TPSA) is 42.1 Å². The second-order valence-corrected chi connectivity index (χ2v) is 5.97. The van der Waals surface area contributed by atoms with Crippen molar-refractivity contribution in [3.8, 4) is 0 Å². The molecule has 1 saturated heterocycles. The largest absolute Gasteiger partial charge is 0.389 e. The molecule has 0 aromatic carbocycles. The molecule has 0 amide bonds. The lowest BCUT2D eigenvalue weighted by Crippen LogP contribution is -2.35. The molecule has 1 aliphatic heterocycles. The molecule has 0 aliphatic carbocycles. The molecule has 1 fully saturated rings. The first-order valence-corrected chi connectivity index (χ1v) is 7.46. The summed E-state index contributed by atoms with van der Waals surface area (Å²) in [4.78, 5) is 7.57. The van der Waals surface area contributed by atoms with E-state index in [0.29, 0.717) is 11.0 Å². The monoisotopic (exact) mass is 277 g/mol. The summed E-state index contributed by atoms with van der Waals surface area (Å²) in [6.45, 7) is 7.41. The van der Waals surface area contributed by atoms with Gasteiger partial charge in [0.25, 0.3) is 0 Å². The van der Waals surface area contributed by atoms with E-state index in [-0.39, 0.29) is 0 Å². The van der Waals surface area contributed by atoms with E-state index in [2.05, 4.69) is 24.8 Å². The van der Waals surface area contributed by atoms with Crippen LogP contribution in [0.1, 0.15) is 49.4 Å². The van der Waals surface area contributed by atoms with Crippen LogP contribution in [0, 0.1) is 13.8 Å². The molecule has 3 nitrogen and oxygen atoms in total. The molecule has 4 heteroatoms. The van der Waals surface area contributed by atoms with Gasteiger partial charge in [-0.05, 0) is 45.2 Å². The van der Waals surface area contributed by atoms with E-state index in [4.69, 9.17) is 22.9 Å². The smallest absolute Gasteiger partial charge is 0.139 e. The molecule has 0 radical (unpaired) electrons. The number of aryl methyl sites for hydroxylation is 2. The van der Waals surface area contributed by atoms with E-state index < -0.39 is 0 Å². The average Bonchev–Trinajstić information content (AvgIpc) is 2.52. The number of hydrogen-bond acceptors (Lipinski definition) is 3. The molecule has 19 heavy (non-hydrogen) atoms. The van der Waals surface area contributed by atoms with Crippen LogP contribution >= 0.6 is 12.2 Å². The lowest BCUT2D eigenvalue weighted by atomic mass is 10.1. The number of nitrogens with zero attached hydrogens (tertiary/aromatic N) is 2. The van der Waals surface area contributed by atoms with Gasteiger partial charge in [-0.15, -0.1) is 0 Å². The number of hydrogen-bond donors (Lipinski definition) is 1. The third-order valence-corrected chi connectivity index (χ3v) is 4.10. The van der Waals surface area contributed by atoms with E-state index >= 15 is 0 Å². The summed E-state index contributed by atoms with van der Waals surface area (Å²) in [7, 11) is 0. The summed E-state index contributed by atoms with van der Waals surface area (Å²) in [5.41, 5.74) is 9.04. The summed E-state index contributed by atoms with van der Waals surface area (Å²) >= 11 is 5.23. The molecule has 1 aliphatic rings. The quantitative estimate of drug-likeness (QED) is 0.844. The molecule has 0 bridgehead atoms. The Balaban J connectivity index is 2.49. The van der Waals surface area contributed by atoms with Crippen molar-refractivity contribution in [2.45, 2.75) is 52.5 Å². The number of aromatic nitrogens is 1. The Morgan fingerprint density at radius 1 is 1.37 bits per heavy atom. The van der Waals surface area contributed by atoms with Gasteiger partial charge in [0.1, 0.15) is 10.8 Å². The summed E-state index contributed by atoms with van der Waals surface area (Å²) in [5.74, 6) is 0.986. The van der Waals surface area contributed by atoms with Gasteiger partial charge >= 0.3 is 0 Å². The zero-order valence-corrected chi connectivity index (χ0v) is 12.9. The lowest BCUT2D eigenvalue weighted by Gasteiger charge is -2.30. The van der Waals surface area contributed by atoms with Crippen LogP contribution in [0.3, 0.4) is 0 Å². The van der Waals surface area contributed by atoms with Crippen LogP contribution in [0.5, 0.6) is 0 Å². The lowest BCUT2D eigenvalue weighted by molar-refractivity contribution is 0.610. The summed E-state index contributed by atoms with van der Waals surface area (Å²) in [5, 5.41) is 0. The molecule has 2 heterocycles. The van der Waals surface area contributed by atoms with Crippen LogP contribution in [-0.2, 0) is 0 Å². The molecule has 1 atom stereocenters. The van der Waals surface area contributed by atoms with Gasteiger partial charge in [-0.25, -0.2) is 4.98 Å². The minimum Gasteiger partial charge on any atom is -0.389 e. The van der Waals surface area contributed by atoms with E-state index in [0.717, 1.165) is 29.2 Å². The average molecular weight is 277 g/mol. The van der Waals surface area contributed by atoms with Gasteiger partial charge in [0, 0.05) is 18.3 Å². The minimum atomic E-state index is 0.455. The van der Waals surface area contributed by atoms with Gasteiger partial charge in [0.15, 0.2) is 0 Å². The van der Waals surface area contributed by atoms with Gasteiger partial charge < -0.3 is 10.6 Å². The highest BCUT2D eigenvalue weighted by Gasteiger charge is 2.23. The number of thiocarbonyl (C=S) groups is 1. The highest BCUT2D eigenvalue weighted by Crippen LogP contribution is 2.28. The second-order valence-electron chi connectivity index (χ2n) is 5.54. The van der Waals surface area contributed by atoms with Crippen LogP contribution in [0.15, 0.2) is 6.07 Å². The highest BCUT2D eigenvalue weighted by molar-refractivity contribution is 7.80. The Bertz CT molecular complexity index is 485. The van der Waals surface area contributed by atoms with Gasteiger partial charge in [0.05, 0.1) is 5.56 Å². The second kappa shape index (κ2) is 5.87. The number of nitrogens with two attached hydrogens (primary N) is 1. The van der Waals surface area contributed by atoms with Gasteiger partial charge in [-0.3, -0.25) is 0 Å². The first kappa shape index (κ1) is 14.3. The summed E-state index contributed by atoms with van der Waals surface area (Å²) < 4.78 is 0. The standard InChI is InChI=1S/C15H23N3S/c1-10-9-11(2)17-15(13(10)14(16)19)18-8-6-4-5-7-12(18)3/h9,12H,4-8H2,1-3H3,(H2,16,19). The van der Waals surface area contributed by atoms with Crippen LogP contribution in [-0.4, -0.2) is 22.6 Å². The first-order valence-electron chi connectivity index (χ1n) is 7.05. The Hall–Kier alpha value is -1.16. The summed E-state index contributed by atoms with van der Waals surface area (Å²) in [6, 6.07) is 2.56. The predicted molar refractivity (Wildman–Crippen MR) is 84.9 cm³/mol. The number of anilines is 1. The maximum Gasteiger partial charge on any atom is 0.139 e. The maximum absolute atomic E-state index is 5.92. The number of rotatable bonds is 2. The Kier molecular flexibility index (Phi) is 4.40. The van der Waals surface area contributed by atoms with Crippen molar-refractivity contribution < 1.29 is 0 Å². The zero-order chi connectivity index (χ0) is 14.0. The molecule has 1 aromatic rings. The predicted octanol–water partition coefficient (Wildman–Crippen LogP) is 3.10. The molecule has 1 unspecified atom stereocenters. The Morgan fingerprint density at radius 3 is 2.79 bits per heavy atom. The van der Waals surface area contributed by atoms with Crippen molar-refractivity contribution in [1.29, 1.82) is 0 Å². The fourth-order valence-electron chi connectivity index (χ4n) is 2.92. The molecular weight excluding hydrogens is 254 g/mol. The van der Waals surface area contributed by atoms with E-state index in [9.17, 15) is 0 Å². The third-order valence-electron chi connectivity index (χ3n) is 3.90. The molecule has 1 aromatic heterocycles. The van der Waals surface area contributed by atoms with Crippen LogP contribution in [0.25, 0.3) is 0 Å². The molecule has 2 rings (SSSR count). The molecule has 0 spiro atoms. The van der Waals surface area contributed by atoms with Gasteiger partial charge in [-0.2, -0.15) is 0 Å². The molecule has 0 saturated carbocycles. The van der Waals surface area contributed by atoms with Crippen LogP contribution < -0.4 is 10.6 Å². The summed E-state index contributed by atoms with van der Waals surface area (Å²) in [6.07, 6.45) is 5.03. The van der Waals surface area contributed by atoms with Gasteiger partial charge in [-0.1, -0.05) is 25.1 Å². The zero-order valence-electron chi connectivity index (χ0n) is 12.1. The minimum absolute atomic E-state index is 0.455. The molecule has 104 valence electrons. The van der Waals surface area contributed by atoms with Gasteiger partial charge in [0.2, 0.25) is 0 Å². The van der Waals surface area contributed by atoms with E-state index in [1.165, 1.54) is 25.7 Å². The van der Waals surface area contributed by atoms with Crippen molar-refractivity contribution in [2.24, 2.45) is 5.73 Å². The van der Waals surface area contributed by atoms with Crippen LogP contribution in [0.4, 0.5) is 5.82 Å². The highest BCUT2D eigenvalue weighted by atomic mass is 32.1. The Labute approximate surface area is 121 Å². The molecular formula is C15H23N3S. The van der Waals surface area contributed by atoms with E-state index in [1.54, 1.807) is 0 Å². The third kappa shape index (κ3) is 3.06. The number of pyridine rings is 1. The fraction of sp³-hybridized carbons (Fsp3) is 0.600. The van der Waals surface area contributed by atoms with Crippen LogP contribution in [0.2, 0.25) is 0 Å². The normalized spacial score (nSPS) is 20.2. The fourth-order valence-corrected chi connectivity index (χ4v) is 3.17. The maximum atomic E-state index is 5.92. The van der Waals surface area contributed by atoms with Crippen molar-refractivity contribution >= 4 is 23.0 Å². The van der Waals surface area contributed by atoms with Crippen molar-refractivity contribution in [3.05, 3.63) is 22.9 Å². The van der Waals surface area contributed by atoms with Crippen molar-refractivity contribution in [1.82, 2.24) is 4.98 Å². The van der Waals surface area contributed by atoms with E-state index in [1.807, 2.05) is 6.92 Å². The van der Waals surface area contributed by atoms with Crippen molar-refractivity contribution in [2.75, 3.05) is 11.4 Å². The SMILES string of the molecule is Cc1cc(C)c(C(N)=S)c(N2CCCCCC2C)n1. The Morgan fingerprint density at radius 2 is 2.11 bits per heavy atom. The first-order chi connectivity index (χ1) is 9.00. The molecule has 2 N–H and O–H groups in total. The van der Waals surface area contributed by atoms with Crippen molar-refractivity contribution in [3.63, 3.8) is 0 Å².